The van der Waals surface area contributed by atoms with Gasteiger partial charge in [-0.2, -0.15) is 0 Å². The van der Waals surface area contributed by atoms with Crippen molar-refractivity contribution in [2.45, 2.75) is 25.8 Å². The first-order chi connectivity index (χ1) is 10.2. The van der Waals surface area contributed by atoms with E-state index in [-0.39, 0.29) is 11.9 Å². The first-order valence-electron chi connectivity index (χ1n) is 6.80. The highest BCUT2D eigenvalue weighted by atomic mass is 32.1. The standard InChI is InChI=1S/C15H15N3O2S/c1-2-10-5-3-4-6-13(10)18-14(19)12(17-15(18)20)7-11-8-16-9-21-11/h3-6,8-9,12H,2,7H2,1H3,(H,17,20). The quantitative estimate of drug-likeness (QED) is 0.882. The highest BCUT2D eigenvalue weighted by molar-refractivity contribution is 7.09. The van der Waals surface area contributed by atoms with E-state index >= 15 is 0 Å². The average molecular weight is 301 g/mol. The number of carbonyl (C=O) groups excluding carboxylic acids is 2. The van der Waals surface area contributed by atoms with Crippen molar-refractivity contribution >= 4 is 29.0 Å². The first kappa shape index (κ1) is 13.8. The smallest absolute Gasteiger partial charge is 0.325 e. The molecule has 0 bridgehead atoms. The molecule has 1 N–H and O–H groups in total. The van der Waals surface area contributed by atoms with E-state index in [1.54, 1.807) is 11.7 Å². The molecule has 1 unspecified atom stereocenters. The van der Waals surface area contributed by atoms with Crippen molar-refractivity contribution < 1.29 is 9.59 Å². The number of para-hydroxylation sites is 1. The Balaban J connectivity index is 1.87. The summed E-state index contributed by atoms with van der Waals surface area (Å²) >= 11 is 1.48. The van der Waals surface area contributed by atoms with Gasteiger partial charge in [0.25, 0.3) is 5.91 Å². The van der Waals surface area contributed by atoms with Crippen LogP contribution in [0.2, 0.25) is 0 Å². The molecule has 0 saturated carbocycles. The summed E-state index contributed by atoms with van der Waals surface area (Å²) in [5, 5.41) is 2.76. The van der Waals surface area contributed by atoms with Crippen LogP contribution in [0.3, 0.4) is 0 Å². The third-order valence-corrected chi connectivity index (χ3v) is 4.32. The Bertz CT molecular complexity index is 669. The van der Waals surface area contributed by atoms with Crippen LogP contribution >= 0.6 is 11.3 Å². The van der Waals surface area contributed by atoms with Crippen LogP contribution in [0.25, 0.3) is 0 Å². The molecule has 2 aromatic rings. The van der Waals surface area contributed by atoms with E-state index in [0.29, 0.717) is 12.1 Å². The van der Waals surface area contributed by atoms with Crippen molar-refractivity contribution in [3.05, 3.63) is 46.4 Å². The number of hydrogen-bond acceptors (Lipinski definition) is 4. The number of aromatic nitrogens is 1. The predicted molar refractivity (Wildman–Crippen MR) is 81.4 cm³/mol. The van der Waals surface area contributed by atoms with Gasteiger partial charge in [0.1, 0.15) is 6.04 Å². The Morgan fingerprint density at radius 2 is 2.14 bits per heavy atom. The van der Waals surface area contributed by atoms with E-state index < -0.39 is 6.04 Å². The average Bonchev–Trinajstić information content (AvgIpc) is 3.09. The molecule has 1 aliphatic heterocycles. The summed E-state index contributed by atoms with van der Waals surface area (Å²) in [5.74, 6) is -0.200. The molecule has 0 spiro atoms. The van der Waals surface area contributed by atoms with Gasteiger partial charge in [0.15, 0.2) is 0 Å². The Labute approximate surface area is 126 Å². The largest absolute Gasteiger partial charge is 0.329 e. The number of rotatable bonds is 4. The predicted octanol–water partition coefficient (Wildman–Crippen LogP) is 2.37. The van der Waals surface area contributed by atoms with Crippen LogP contribution in [-0.2, 0) is 17.6 Å². The lowest BCUT2D eigenvalue weighted by Crippen LogP contribution is -2.32. The van der Waals surface area contributed by atoms with Gasteiger partial charge in [0.05, 0.1) is 11.2 Å². The molecule has 1 fully saturated rings. The molecular formula is C15H15N3O2S. The summed E-state index contributed by atoms with van der Waals surface area (Å²) in [6, 6.07) is 6.64. The minimum Gasteiger partial charge on any atom is -0.325 e. The molecule has 2 heterocycles. The summed E-state index contributed by atoms with van der Waals surface area (Å²) < 4.78 is 0. The van der Waals surface area contributed by atoms with Crippen LogP contribution in [0, 0.1) is 0 Å². The number of thiazole rings is 1. The van der Waals surface area contributed by atoms with Gasteiger partial charge >= 0.3 is 6.03 Å². The summed E-state index contributed by atoms with van der Waals surface area (Å²) in [6.07, 6.45) is 2.99. The lowest BCUT2D eigenvalue weighted by Gasteiger charge is -2.16. The number of aryl methyl sites for hydroxylation is 1. The second-order valence-electron chi connectivity index (χ2n) is 4.83. The van der Waals surface area contributed by atoms with E-state index in [9.17, 15) is 9.59 Å². The summed E-state index contributed by atoms with van der Waals surface area (Å²) in [7, 11) is 0. The van der Waals surface area contributed by atoms with Gasteiger partial charge in [-0.3, -0.25) is 9.78 Å². The maximum atomic E-state index is 12.5. The molecule has 3 amide bonds. The molecule has 0 radical (unpaired) electrons. The van der Waals surface area contributed by atoms with E-state index in [1.807, 2.05) is 31.2 Å². The van der Waals surface area contributed by atoms with Crippen molar-refractivity contribution in [2.75, 3.05) is 4.90 Å². The van der Waals surface area contributed by atoms with Gasteiger partial charge in [-0.1, -0.05) is 25.1 Å². The van der Waals surface area contributed by atoms with Gasteiger partial charge in [0, 0.05) is 17.5 Å². The Kier molecular flexibility index (Phi) is 3.70. The lowest BCUT2D eigenvalue weighted by molar-refractivity contribution is -0.118. The van der Waals surface area contributed by atoms with Crippen molar-refractivity contribution in [3.8, 4) is 0 Å². The second kappa shape index (κ2) is 5.65. The Morgan fingerprint density at radius 1 is 1.33 bits per heavy atom. The van der Waals surface area contributed by atoms with E-state index in [4.69, 9.17) is 0 Å². The number of hydrogen-bond donors (Lipinski definition) is 1. The number of anilines is 1. The maximum Gasteiger partial charge on any atom is 0.329 e. The number of carbonyl (C=O) groups is 2. The maximum absolute atomic E-state index is 12.5. The van der Waals surface area contributed by atoms with Crippen LogP contribution < -0.4 is 10.2 Å². The third kappa shape index (κ3) is 2.54. The molecule has 1 aromatic carbocycles. The molecule has 0 aliphatic carbocycles. The number of benzene rings is 1. The minimum absolute atomic E-state index is 0.200. The molecule has 6 heteroatoms. The van der Waals surface area contributed by atoms with E-state index in [2.05, 4.69) is 10.3 Å². The highest BCUT2D eigenvalue weighted by Crippen LogP contribution is 2.25. The number of nitrogens with zero attached hydrogens (tertiary/aromatic N) is 2. The fraction of sp³-hybridized carbons (Fsp3) is 0.267. The Hall–Kier alpha value is -2.21. The van der Waals surface area contributed by atoms with Crippen LogP contribution in [0.15, 0.2) is 36.0 Å². The van der Waals surface area contributed by atoms with Crippen molar-refractivity contribution in [1.29, 1.82) is 0 Å². The molecule has 1 saturated heterocycles. The zero-order valence-corrected chi connectivity index (χ0v) is 12.4. The van der Waals surface area contributed by atoms with E-state index in [1.165, 1.54) is 16.2 Å². The summed E-state index contributed by atoms with van der Waals surface area (Å²) in [6.45, 7) is 2.01. The van der Waals surface area contributed by atoms with Crippen LogP contribution in [0.5, 0.6) is 0 Å². The second-order valence-corrected chi connectivity index (χ2v) is 5.80. The number of imide groups is 1. The minimum atomic E-state index is -0.511. The molecule has 3 rings (SSSR count). The first-order valence-corrected chi connectivity index (χ1v) is 7.68. The van der Waals surface area contributed by atoms with Crippen LogP contribution in [0.1, 0.15) is 17.4 Å². The fourth-order valence-corrected chi connectivity index (χ4v) is 3.11. The highest BCUT2D eigenvalue weighted by Gasteiger charge is 2.39. The fourth-order valence-electron chi connectivity index (χ4n) is 2.47. The molecule has 1 atom stereocenters. The van der Waals surface area contributed by atoms with Crippen molar-refractivity contribution in [3.63, 3.8) is 0 Å². The zero-order valence-electron chi connectivity index (χ0n) is 11.6. The lowest BCUT2D eigenvalue weighted by atomic mass is 10.1. The normalized spacial score (nSPS) is 18.1. The van der Waals surface area contributed by atoms with Gasteiger partial charge < -0.3 is 5.32 Å². The van der Waals surface area contributed by atoms with Gasteiger partial charge in [-0.15, -0.1) is 11.3 Å². The van der Waals surface area contributed by atoms with Gasteiger partial charge in [0.2, 0.25) is 0 Å². The molecular weight excluding hydrogens is 286 g/mol. The van der Waals surface area contributed by atoms with Crippen LogP contribution in [-0.4, -0.2) is 23.0 Å². The zero-order chi connectivity index (χ0) is 14.8. The number of nitrogens with one attached hydrogen (secondary N) is 1. The van der Waals surface area contributed by atoms with Crippen LogP contribution in [0.4, 0.5) is 10.5 Å². The molecule has 108 valence electrons. The summed E-state index contributed by atoms with van der Waals surface area (Å²) in [4.78, 5) is 30.9. The monoisotopic (exact) mass is 301 g/mol. The molecule has 21 heavy (non-hydrogen) atoms. The van der Waals surface area contributed by atoms with Crippen molar-refractivity contribution in [1.82, 2.24) is 10.3 Å². The number of amides is 3. The van der Waals surface area contributed by atoms with Gasteiger partial charge in [-0.05, 0) is 18.1 Å². The molecule has 1 aromatic heterocycles. The topological polar surface area (TPSA) is 62.3 Å². The van der Waals surface area contributed by atoms with Crippen molar-refractivity contribution in [2.24, 2.45) is 0 Å². The van der Waals surface area contributed by atoms with Gasteiger partial charge in [-0.25, -0.2) is 9.69 Å². The Morgan fingerprint density at radius 3 is 2.86 bits per heavy atom. The molecule has 1 aliphatic rings. The number of urea groups is 1. The SMILES string of the molecule is CCc1ccccc1N1C(=O)NC(Cc2cncs2)C1=O. The third-order valence-electron chi connectivity index (χ3n) is 3.52. The molecule has 5 nitrogen and oxygen atoms in total. The summed E-state index contributed by atoms with van der Waals surface area (Å²) in [5.41, 5.74) is 3.38. The van der Waals surface area contributed by atoms with E-state index in [0.717, 1.165) is 16.9 Å².